The number of aryl methyl sites for hydroxylation is 2. The zero-order chi connectivity index (χ0) is 14.0. The number of aromatic nitrogens is 1. The Hall–Kier alpha value is -1.26. The van der Waals surface area contributed by atoms with Gasteiger partial charge in [-0.25, -0.2) is 9.37 Å². The van der Waals surface area contributed by atoms with Gasteiger partial charge in [-0.15, -0.1) is 11.3 Å². The van der Waals surface area contributed by atoms with Crippen molar-refractivity contribution in [3.8, 4) is 10.6 Å². The Kier molecular flexibility index (Phi) is 4.32. The van der Waals surface area contributed by atoms with Crippen molar-refractivity contribution >= 4 is 11.3 Å². The van der Waals surface area contributed by atoms with Crippen molar-refractivity contribution in [2.24, 2.45) is 0 Å². The fourth-order valence-corrected chi connectivity index (χ4v) is 3.27. The molecule has 1 heterocycles. The van der Waals surface area contributed by atoms with Gasteiger partial charge in [0.15, 0.2) is 0 Å². The summed E-state index contributed by atoms with van der Waals surface area (Å²) in [6, 6.07) is 5.34. The molecule has 0 bridgehead atoms. The average molecular weight is 278 g/mol. The fraction of sp³-hybridized carbons (Fsp3) is 0.400. The first-order chi connectivity index (χ1) is 9.01. The fourth-order valence-electron chi connectivity index (χ4n) is 2.19. The van der Waals surface area contributed by atoms with Gasteiger partial charge in [-0.05, 0) is 51.1 Å². The number of hydrogen-bond acceptors (Lipinski definition) is 3. The number of hydrogen-bond donors (Lipinski definition) is 1. The van der Waals surface area contributed by atoms with E-state index in [1.807, 2.05) is 19.9 Å². The average Bonchev–Trinajstić information content (AvgIpc) is 2.70. The lowest BCUT2D eigenvalue weighted by Crippen LogP contribution is -2.17. The van der Waals surface area contributed by atoms with Crippen LogP contribution in [-0.4, -0.2) is 11.5 Å². The van der Waals surface area contributed by atoms with Gasteiger partial charge in [0.2, 0.25) is 0 Å². The van der Waals surface area contributed by atoms with Crippen LogP contribution in [0.3, 0.4) is 0 Å². The number of thiazole rings is 1. The first-order valence-corrected chi connectivity index (χ1v) is 7.31. The van der Waals surface area contributed by atoms with Crippen molar-refractivity contribution in [1.82, 2.24) is 10.3 Å². The lowest BCUT2D eigenvalue weighted by molar-refractivity contribution is 0.603. The third-order valence-electron chi connectivity index (χ3n) is 3.03. The molecule has 1 unspecified atom stereocenters. The summed E-state index contributed by atoms with van der Waals surface area (Å²) in [7, 11) is 0. The highest BCUT2D eigenvalue weighted by Gasteiger charge is 2.15. The molecule has 1 aromatic carbocycles. The maximum atomic E-state index is 13.5. The van der Waals surface area contributed by atoms with Gasteiger partial charge in [0.1, 0.15) is 10.8 Å². The van der Waals surface area contributed by atoms with Gasteiger partial charge in [-0.3, -0.25) is 0 Å². The summed E-state index contributed by atoms with van der Waals surface area (Å²) in [5.74, 6) is -0.205. The van der Waals surface area contributed by atoms with E-state index in [1.54, 1.807) is 17.4 Å². The second kappa shape index (κ2) is 5.80. The monoisotopic (exact) mass is 278 g/mol. The van der Waals surface area contributed by atoms with E-state index in [0.717, 1.165) is 28.4 Å². The number of halogens is 1. The van der Waals surface area contributed by atoms with E-state index in [1.165, 1.54) is 10.9 Å². The van der Waals surface area contributed by atoms with Gasteiger partial charge < -0.3 is 5.32 Å². The molecule has 4 heteroatoms. The quantitative estimate of drug-likeness (QED) is 0.905. The number of benzene rings is 1. The Bertz CT molecular complexity index is 557. The van der Waals surface area contributed by atoms with Crippen LogP contribution in [0, 0.1) is 19.7 Å². The molecule has 0 saturated heterocycles. The minimum Gasteiger partial charge on any atom is -0.310 e. The standard InChI is InChI=1S/C15H19FN2S/c1-5-17-10(3)14-11(4)18-15(19-14)12-6-9(2)7-13(16)8-12/h6-8,10,17H,5H2,1-4H3. The third kappa shape index (κ3) is 3.19. The summed E-state index contributed by atoms with van der Waals surface area (Å²) < 4.78 is 13.5. The Labute approximate surface area is 117 Å². The van der Waals surface area contributed by atoms with E-state index >= 15 is 0 Å². The highest BCUT2D eigenvalue weighted by atomic mass is 32.1. The summed E-state index contributed by atoms with van der Waals surface area (Å²) in [6.45, 7) is 9.05. The molecule has 0 saturated carbocycles. The van der Waals surface area contributed by atoms with Crippen molar-refractivity contribution < 1.29 is 4.39 Å². The lowest BCUT2D eigenvalue weighted by Gasteiger charge is -2.09. The van der Waals surface area contributed by atoms with Crippen molar-refractivity contribution in [3.05, 3.63) is 40.2 Å². The second-order valence-electron chi connectivity index (χ2n) is 4.77. The Balaban J connectivity index is 2.38. The molecule has 0 radical (unpaired) electrons. The van der Waals surface area contributed by atoms with Crippen LogP contribution >= 0.6 is 11.3 Å². The molecule has 2 aromatic rings. The zero-order valence-electron chi connectivity index (χ0n) is 11.7. The van der Waals surface area contributed by atoms with Crippen LogP contribution < -0.4 is 5.32 Å². The minimum absolute atomic E-state index is 0.205. The third-order valence-corrected chi connectivity index (χ3v) is 4.41. The summed E-state index contributed by atoms with van der Waals surface area (Å²) in [5, 5.41) is 4.28. The van der Waals surface area contributed by atoms with Crippen LogP contribution in [0.2, 0.25) is 0 Å². The van der Waals surface area contributed by atoms with Gasteiger partial charge in [0.05, 0.1) is 5.69 Å². The van der Waals surface area contributed by atoms with Gasteiger partial charge in [0, 0.05) is 16.5 Å². The summed E-state index contributed by atoms with van der Waals surface area (Å²) in [6.07, 6.45) is 0. The van der Waals surface area contributed by atoms with E-state index in [2.05, 4.69) is 24.1 Å². The minimum atomic E-state index is -0.205. The summed E-state index contributed by atoms with van der Waals surface area (Å²) in [5.41, 5.74) is 2.81. The van der Waals surface area contributed by atoms with E-state index < -0.39 is 0 Å². The second-order valence-corrected chi connectivity index (χ2v) is 5.80. The largest absolute Gasteiger partial charge is 0.310 e. The zero-order valence-corrected chi connectivity index (χ0v) is 12.6. The van der Waals surface area contributed by atoms with Crippen molar-refractivity contribution in [2.75, 3.05) is 6.54 Å². The van der Waals surface area contributed by atoms with Gasteiger partial charge in [0.25, 0.3) is 0 Å². The summed E-state index contributed by atoms with van der Waals surface area (Å²) in [4.78, 5) is 5.80. The normalized spacial score (nSPS) is 12.7. The van der Waals surface area contributed by atoms with Crippen LogP contribution in [0.15, 0.2) is 18.2 Å². The molecule has 1 atom stereocenters. The molecule has 0 amide bonds. The molecular formula is C15H19FN2S. The van der Waals surface area contributed by atoms with Crippen LogP contribution in [0.4, 0.5) is 4.39 Å². The van der Waals surface area contributed by atoms with E-state index in [0.29, 0.717) is 0 Å². The Morgan fingerprint density at radius 3 is 2.68 bits per heavy atom. The van der Waals surface area contributed by atoms with Crippen molar-refractivity contribution in [3.63, 3.8) is 0 Å². The highest BCUT2D eigenvalue weighted by Crippen LogP contribution is 2.32. The van der Waals surface area contributed by atoms with E-state index in [9.17, 15) is 4.39 Å². The van der Waals surface area contributed by atoms with Gasteiger partial charge in [-0.1, -0.05) is 6.92 Å². The summed E-state index contributed by atoms with van der Waals surface area (Å²) >= 11 is 1.64. The van der Waals surface area contributed by atoms with Gasteiger partial charge >= 0.3 is 0 Å². The van der Waals surface area contributed by atoms with Crippen molar-refractivity contribution in [1.29, 1.82) is 0 Å². The van der Waals surface area contributed by atoms with Crippen LogP contribution in [0.25, 0.3) is 10.6 Å². The maximum absolute atomic E-state index is 13.5. The molecule has 0 aliphatic carbocycles. The molecule has 0 aliphatic rings. The molecule has 2 rings (SSSR count). The molecule has 0 spiro atoms. The molecule has 0 fully saturated rings. The first kappa shape index (κ1) is 14.2. The van der Waals surface area contributed by atoms with Crippen molar-refractivity contribution in [2.45, 2.75) is 33.7 Å². The first-order valence-electron chi connectivity index (χ1n) is 6.49. The molecule has 1 aromatic heterocycles. The van der Waals surface area contributed by atoms with Crippen LogP contribution in [0.5, 0.6) is 0 Å². The van der Waals surface area contributed by atoms with Gasteiger partial charge in [-0.2, -0.15) is 0 Å². The predicted molar refractivity (Wildman–Crippen MR) is 79.1 cm³/mol. The number of nitrogens with zero attached hydrogens (tertiary/aromatic N) is 1. The Morgan fingerprint density at radius 2 is 2.05 bits per heavy atom. The predicted octanol–water partition coefficient (Wildman–Crippen LogP) is 4.24. The molecular weight excluding hydrogens is 259 g/mol. The molecule has 19 heavy (non-hydrogen) atoms. The molecule has 0 aliphatic heterocycles. The molecule has 1 N–H and O–H groups in total. The smallest absolute Gasteiger partial charge is 0.124 e. The van der Waals surface area contributed by atoms with E-state index in [-0.39, 0.29) is 11.9 Å². The maximum Gasteiger partial charge on any atom is 0.124 e. The number of rotatable bonds is 4. The topological polar surface area (TPSA) is 24.9 Å². The Morgan fingerprint density at radius 1 is 1.32 bits per heavy atom. The van der Waals surface area contributed by atoms with Crippen LogP contribution in [0.1, 0.15) is 36.0 Å². The molecule has 2 nitrogen and oxygen atoms in total. The molecule has 102 valence electrons. The number of nitrogens with one attached hydrogen (secondary N) is 1. The SMILES string of the molecule is CCNC(C)c1sc(-c2cc(C)cc(F)c2)nc1C. The van der Waals surface area contributed by atoms with E-state index in [4.69, 9.17) is 0 Å². The highest BCUT2D eigenvalue weighted by molar-refractivity contribution is 7.15. The van der Waals surface area contributed by atoms with Crippen LogP contribution in [-0.2, 0) is 0 Å². The lowest BCUT2D eigenvalue weighted by atomic mass is 10.1.